The zero-order valence-electron chi connectivity index (χ0n) is 14.1. The van der Waals surface area contributed by atoms with Crippen molar-refractivity contribution in [1.29, 1.82) is 0 Å². The van der Waals surface area contributed by atoms with Gasteiger partial charge in [-0.05, 0) is 55.7 Å². The summed E-state index contributed by atoms with van der Waals surface area (Å²) in [5, 5.41) is 3.55. The molecule has 1 aromatic heterocycles. The lowest BCUT2D eigenvalue weighted by atomic mass is 10.1. The zero-order chi connectivity index (χ0) is 17.1. The molecule has 3 aromatic rings. The topological polar surface area (TPSA) is 51.2 Å². The average molecular weight is 340 g/mol. The molecule has 0 bridgehead atoms. The Labute approximate surface area is 145 Å². The van der Waals surface area contributed by atoms with Gasteiger partial charge in [-0.3, -0.25) is 4.79 Å². The molecule has 0 aliphatic rings. The third-order valence-electron chi connectivity index (χ3n) is 3.93. The quantitative estimate of drug-likeness (QED) is 0.744. The highest BCUT2D eigenvalue weighted by Gasteiger charge is 2.11. The number of thiazole rings is 1. The number of hydrogen-bond acceptors (Lipinski definition) is 4. The maximum Gasteiger partial charge on any atom is 0.230 e. The predicted molar refractivity (Wildman–Crippen MR) is 99.0 cm³/mol. The van der Waals surface area contributed by atoms with Crippen LogP contribution in [0.3, 0.4) is 0 Å². The number of hydrogen-bond donors (Lipinski definition) is 1. The molecule has 0 spiro atoms. The molecule has 0 saturated carbocycles. The molecule has 0 fully saturated rings. The molecule has 5 heteroatoms. The van der Waals surface area contributed by atoms with E-state index in [0.717, 1.165) is 27.1 Å². The van der Waals surface area contributed by atoms with Crippen molar-refractivity contribution in [3.05, 3.63) is 53.1 Å². The van der Waals surface area contributed by atoms with E-state index < -0.39 is 0 Å². The van der Waals surface area contributed by atoms with Crippen LogP contribution in [0.4, 0.5) is 5.13 Å². The van der Waals surface area contributed by atoms with Crippen LogP contribution in [0.25, 0.3) is 10.2 Å². The van der Waals surface area contributed by atoms with E-state index in [9.17, 15) is 4.79 Å². The molecule has 1 heterocycles. The molecule has 0 saturated heterocycles. The van der Waals surface area contributed by atoms with Gasteiger partial charge in [0.15, 0.2) is 5.13 Å². The van der Waals surface area contributed by atoms with Crippen LogP contribution < -0.4 is 10.1 Å². The monoisotopic (exact) mass is 340 g/mol. The van der Waals surface area contributed by atoms with Crippen LogP contribution in [0.2, 0.25) is 0 Å². The van der Waals surface area contributed by atoms with Gasteiger partial charge in [0.25, 0.3) is 0 Å². The van der Waals surface area contributed by atoms with Crippen LogP contribution in [0.1, 0.15) is 23.6 Å². The maximum atomic E-state index is 12.2. The standard InChI is InChI=1S/C19H20N2O2S/c1-4-23-15-8-6-14(7-9-15)11-17(22)20-19-21-18-13(3)12(2)5-10-16(18)24-19/h5-10H,4,11H2,1-3H3,(H,20,21,22). The van der Waals surface area contributed by atoms with Gasteiger partial charge in [0.05, 0.1) is 23.2 Å². The van der Waals surface area contributed by atoms with E-state index in [-0.39, 0.29) is 5.91 Å². The Kier molecular flexibility index (Phi) is 4.81. The minimum atomic E-state index is -0.0624. The van der Waals surface area contributed by atoms with Crippen LogP contribution >= 0.6 is 11.3 Å². The lowest BCUT2D eigenvalue weighted by Crippen LogP contribution is -2.14. The van der Waals surface area contributed by atoms with Gasteiger partial charge >= 0.3 is 0 Å². The highest BCUT2D eigenvalue weighted by Crippen LogP contribution is 2.29. The number of amides is 1. The number of fused-ring (bicyclic) bond motifs is 1. The molecule has 24 heavy (non-hydrogen) atoms. The lowest BCUT2D eigenvalue weighted by molar-refractivity contribution is -0.115. The van der Waals surface area contributed by atoms with E-state index in [1.165, 1.54) is 16.9 Å². The fourth-order valence-corrected chi connectivity index (χ4v) is 3.44. The van der Waals surface area contributed by atoms with Crippen LogP contribution in [-0.4, -0.2) is 17.5 Å². The third kappa shape index (κ3) is 3.57. The van der Waals surface area contributed by atoms with E-state index in [1.54, 1.807) is 0 Å². The number of carbonyl (C=O) groups is 1. The van der Waals surface area contributed by atoms with Gasteiger partial charge in [-0.15, -0.1) is 0 Å². The molecule has 4 nitrogen and oxygen atoms in total. The Balaban J connectivity index is 1.69. The summed E-state index contributed by atoms with van der Waals surface area (Å²) in [4.78, 5) is 16.8. The van der Waals surface area contributed by atoms with Gasteiger partial charge in [0.1, 0.15) is 5.75 Å². The molecule has 0 radical (unpaired) electrons. The molecule has 3 rings (SSSR count). The second-order valence-corrected chi connectivity index (χ2v) is 6.71. The second-order valence-electron chi connectivity index (χ2n) is 5.68. The van der Waals surface area contributed by atoms with Gasteiger partial charge in [-0.1, -0.05) is 29.5 Å². The number of carbonyl (C=O) groups excluding carboxylic acids is 1. The minimum absolute atomic E-state index is 0.0624. The minimum Gasteiger partial charge on any atom is -0.494 e. The molecule has 0 atom stereocenters. The predicted octanol–water partition coefficient (Wildman–Crippen LogP) is 4.49. The number of aromatic nitrogens is 1. The van der Waals surface area contributed by atoms with Gasteiger partial charge in [0, 0.05) is 0 Å². The number of aryl methyl sites for hydroxylation is 2. The molecular weight excluding hydrogens is 320 g/mol. The fourth-order valence-electron chi connectivity index (χ4n) is 2.50. The third-order valence-corrected chi connectivity index (χ3v) is 4.87. The van der Waals surface area contributed by atoms with E-state index in [2.05, 4.69) is 36.3 Å². The Bertz CT molecular complexity index is 869. The van der Waals surface area contributed by atoms with Crippen molar-refractivity contribution < 1.29 is 9.53 Å². The van der Waals surface area contributed by atoms with Crippen molar-refractivity contribution in [3.8, 4) is 5.75 Å². The van der Waals surface area contributed by atoms with Gasteiger partial charge in [-0.2, -0.15) is 0 Å². The van der Waals surface area contributed by atoms with E-state index in [0.29, 0.717) is 18.2 Å². The molecule has 1 N–H and O–H groups in total. The largest absolute Gasteiger partial charge is 0.494 e. The maximum absolute atomic E-state index is 12.2. The summed E-state index contributed by atoms with van der Waals surface area (Å²) in [5.74, 6) is 0.756. The smallest absolute Gasteiger partial charge is 0.230 e. The number of ether oxygens (including phenoxy) is 1. The number of rotatable bonds is 5. The Morgan fingerprint density at radius 1 is 1.17 bits per heavy atom. The first-order valence-corrected chi connectivity index (χ1v) is 8.77. The first kappa shape index (κ1) is 16.5. The van der Waals surface area contributed by atoms with Crippen molar-refractivity contribution >= 4 is 32.6 Å². The summed E-state index contributed by atoms with van der Waals surface area (Å²) in [6, 6.07) is 11.7. The van der Waals surface area contributed by atoms with E-state index >= 15 is 0 Å². The first-order valence-electron chi connectivity index (χ1n) is 7.95. The van der Waals surface area contributed by atoms with Crippen molar-refractivity contribution in [2.24, 2.45) is 0 Å². The van der Waals surface area contributed by atoms with Crippen molar-refractivity contribution in [1.82, 2.24) is 4.98 Å². The van der Waals surface area contributed by atoms with Gasteiger partial charge in [0.2, 0.25) is 5.91 Å². The SMILES string of the molecule is CCOc1ccc(CC(=O)Nc2nc3c(C)c(C)ccc3s2)cc1. The summed E-state index contributed by atoms with van der Waals surface area (Å²) in [7, 11) is 0. The fraction of sp³-hybridized carbons (Fsp3) is 0.263. The molecule has 0 aliphatic carbocycles. The van der Waals surface area contributed by atoms with E-state index in [1.807, 2.05) is 31.2 Å². The summed E-state index contributed by atoms with van der Waals surface area (Å²) >= 11 is 1.51. The number of nitrogens with zero attached hydrogens (tertiary/aromatic N) is 1. The van der Waals surface area contributed by atoms with Crippen molar-refractivity contribution in [2.45, 2.75) is 27.2 Å². The first-order chi connectivity index (χ1) is 11.6. The summed E-state index contributed by atoms with van der Waals surface area (Å²) in [5.41, 5.74) is 4.29. The molecule has 124 valence electrons. The molecule has 0 unspecified atom stereocenters. The Morgan fingerprint density at radius 3 is 2.62 bits per heavy atom. The van der Waals surface area contributed by atoms with Crippen LogP contribution in [-0.2, 0) is 11.2 Å². The van der Waals surface area contributed by atoms with Crippen LogP contribution in [0.5, 0.6) is 5.75 Å². The molecule has 0 aliphatic heterocycles. The Morgan fingerprint density at radius 2 is 1.92 bits per heavy atom. The van der Waals surface area contributed by atoms with Crippen molar-refractivity contribution in [3.63, 3.8) is 0 Å². The normalized spacial score (nSPS) is 10.8. The summed E-state index contributed by atoms with van der Waals surface area (Å²) in [6.07, 6.45) is 0.320. The molecular formula is C19H20N2O2S. The molecule has 2 aromatic carbocycles. The van der Waals surface area contributed by atoms with E-state index in [4.69, 9.17) is 4.74 Å². The molecule has 1 amide bonds. The highest BCUT2D eigenvalue weighted by atomic mass is 32.1. The lowest BCUT2D eigenvalue weighted by Gasteiger charge is -2.05. The van der Waals surface area contributed by atoms with Crippen LogP contribution in [0.15, 0.2) is 36.4 Å². The number of benzene rings is 2. The van der Waals surface area contributed by atoms with Gasteiger partial charge in [-0.25, -0.2) is 4.98 Å². The number of nitrogens with one attached hydrogen (secondary N) is 1. The Hall–Kier alpha value is -2.40. The average Bonchev–Trinajstić information content (AvgIpc) is 2.96. The summed E-state index contributed by atoms with van der Waals surface area (Å²) in [6.45, 7) is 6.71. The van der Waals surface area contributed by atoms with Crippen molar-refractivity contribution in [2.75, 3.05) is 11.9 Å². The second kappa shape index (κ2) is 7.01. The highest BCUT2D eigenvalue weighted by molar-refractivity contribution is 7.22. The van der Waals surface area contributed by atoms with Crippen LogP contribution in [0, 0.1) is 13.8 Å². The zero-order valence-corrected chi connectivity index (χ0v) is 14.9. The van der Waals surface area contributed by atoms with Gasteiger partial charge < -0.3 is 10.1 Å². The number of anilines is 1. The summed E-state index contributed by atoms with van der Waals surface area (Å²) < 4.78 is 6.50.